The Morgan fingerprint density at radius 3 is 2.52 bits per heavy atom. The maximum absolute atomic E-state index is 5.52. The van der Waals surface area contributed by atoms with Crippen LogP contribution in [0, 0.1) is 5.41 Å². The van der Waals surface area contributed by atoms with E-state index in [-0.39, 0.29) is 35.5 Å². The van der Waals surface area contributed by atoms with Gasteiger partial charge in [0, 0.05) is 33.9 Å². The standard InChI is InChI=1S/C14H27N5O.HI/c1-14(2,3)12(20-6)10-17-13(15-4)16-9-11-7-8-18-19(11)5;/h7-8,12H,9-10H2,1-6H3,(H2,15,16,17);1H. The van der Waals surface area contributed by atoms with E-state index < -0.39 is 0 Å². The van der Waals surface area contributed by atoms with Crippen molar-refractivity contribution < 1.29 is 4.74 Å². The molecule has 0 aliphatic heterocycles. The molecule has 0 saturated heterocycles. The van der Waals surface area contributed by atoms with Crippen molar-refractivity contribution in [2.75, 3.05) is 20.7 Å². The zero-order valence-corrected chi connectivity index (χ0v) is 16.1. The summed E-state index contributed by atoms with van der Waals surface area (Å²) < 4.78 is 7.36. The minimum absolute atomic E-state index is 0. The third-order valence-electron chi connectivity index (χ3n) is 3.29. The van der Waals surface area contributed by atoms with E-state index in [4.69, 9.17) is 4.74 Å². The molecule has 0 amide bonds. The summed E-state index contributed by atoms with van der Waals surface area (Å²) in [6, 6.07) is 1.98. The predicted molar refractivity (Wildman–Crippen MR) is 97.1 cm³/mol. The van der Waals surface area contributed by atoms with E-state index in [1.54, 1.807) is 20.4 Å². The Bertz CT molecular complexity index is 439. The highest BCUT2D eigenvalue weighted by atomic mass is 127. The molecular weight excluding hydrogens is 381 g/mol. The number of rotatable bonds is 5. The number of nitrogens with zero attached hydrogens (tertiary/aromatic N) is 3. The molecular formula is C14H28IN5O. The van der Waals surface area contributed by atoms with Crippen LogP contribution in [0.3, 0.4) is 0 Å². The van der Waals surface area contributed by atoms with Gasteiger partial charge in [-0.2, -0.15) is 5.10 Å². The molecule has 0 saturated carbocycles. The number of hydrogen-bond acceptors (Lipinski definition) is 3. The average Bonchev–Trinajstić information content (AvgIpc) is 2.78. The summed E-state index contributed by atoms with van der Waals surface area (Å²) in [6.45, 7) is 7.88. The summed E-state index contributed by atoms with van der Waals surface area (Å²) in [4.78, 5) is 4.21. The maximum Gasteiger partial charge on any atom is 0.191 e. The Labute approximate surface area is 144 Å². The fourth-order valence-electron chi connectivity index (χ4n) is 1.90. The second-order valence-electron chi connectivity index (χ2n) is 5.84. The number of ether oxygens (including phenoxy) is 1. The largest absolute Gasteiger partial charge is 0.379 e. The lowest BCUT2D eigenvalue weighted by molar-refractivity contribution is 0.0205. The minimum Gasteiger partial charge on any atom is -0.379 e. The van der Waals surface area contributed by atoms with E-state index in [1.165, 1.54) is 0 Å². The number of aromatic nitrogens is 2. The number of aliphatic imine (C=N–C) groups is 1. The van der Waals surface area contributed by atoms with Gasteiger partial charge in [0.2, 0.25) is 0 Å². The van der Waals surface area contributed by atoms with Crippen molar-refractivity contribution in [1.82, 2.24) is 20.4 Å². The van der Waals surface area contributed by atoms with Gasteiger partial charge in [0.1, 0.15) is 0 Å². The molecule has 122 valence electrons. The van der Waals surface area contributed by atoms with Crippen molar-refractivity contribution in [3.63, 3.8) is 0 Å². The fourth-order valence-corrected chi connectivity index (χ4v) is 1.90. The first-order valence-corrected chi connectivity index (χ1v) is 6.82. The number of methoxy groups -OCH3 is 1. The van der Waals surface area contributed by atoms with E-state index in [0.717, 1.165) is 11.7 Å². The van der Waals surface area contributed by atoms with Crippen molar-refractivity contribution in [3.8, 4) is 0 Å². The molecule has 0 fully saturated rings. The van der Waals surface area contributed by atoms with Gasteiger partial charge in [-0.1, -0.05) is 20.8 Å². The molecule has 0 aliphatic carbocycles. The van der Waals surface area contributed by atoms with Crippen LogP contribution in [0.2, 0.25) is 0 Å². The first-order valence-electron chi connectivity index (χ1n) is 6.82. The number of guanidine groups is 1. The maximum atomic E-state index is 5.52. The van der Waals surface area contributed by atoms with Gasteiger partial charge in [-0.25, -0.2) is 0 Å². The topological polar surface area (TPSA) is 63.5 Å². The molecule has 6 nitrogen and oxygen atoms in total. The van der Waals surface area contributed by atoms with Crippen molar-refractivity contribution in [1.29, 1.82) is 0 Å². The van der Waals surface area contributed by atoms with E-state index in [2.05, 4.69) is 41.5 Å². The molecule has 1 heterocycles. The van der Waals surface area contributed by atoms with Gasteiger partial charge in [0.25, 0.3) is 0 Å². The fraction of sp³-hybridized carbons (Fsp3) is 0.714. The quantitative estimate of drug-likeness (QED) is 0.442. The third-order valence-corrected chi connectivity index (χ3v) is 3.29. The smallest absolute Gasteiger partial charge is 0.191 e. The van der Waals surface area contributed by atoms with Crippen molar-refractivity contribution in [2.24, 2.45) is 17.5 Å². The van der Waals surface area contributed by atoms with Crippen LogP contribution < -0.4 is 10.6 Å². The van der Waals surface area contributed by atoms with Gasteiger partial charge in [-0.3, -0.25) is 9.67 Å². The van der Waals surface area contributed by atoms with Gasteiger partial charge in [0.15, 0.2) is 5.96 Å². The lowest BCUT2D eigenvalue weighted by atomic mass is 9.89. The highest BCUT2D eigenvalue weighted by Crippen LogP contribution is 2.20. The Balaban J connectivity index is 0.00000400. The monoisotopic (exact) mass is 409 g/mol. The normalized spacial score (nSPS) is 13.5. The van der Waals surface area contributed by atoms with E-state index in [1.807, 2.05) is 17.8 Å². The van der Waals surface area contributed by atoms with Gasteiger partial charge >= 0.3 is 0 Å². The van der Waals surface area contributed by atoms with Crippen molar-refractivity contribution in [2.45, 2.75) is 33.4 Å². The van der Waals surface area contributed by atoms with Crippen LogP contribution in [0.1, 0.15) is 26.5 Å². The Kier molecular flexibility index (Phi) is 8.88. The van der Waals surface area contributed by atoms with Gasteiger partial charge in [-0.15, -0.1) is 24.0 Å². The highest BCUT2D eigenvalue weighted by Gasteiger charge is 2.24. The number of aryl methyl sites for hydroxylation is 1. The number of hydrogen-bond donors (Lipinski definition) is 2. The summed E-state index contributed by atoms with van der Waals surface area (Å²) >= 11 is 0. The SMILES string of the molecule is CN=C(NCc1ccnn1C)NCC(OC)C(C)(C)C.I. The van der Waals surface area contributed by atoms with E-state index in [9.17, 15) is 0 Å². The zero-order chi connectivity index (χ0) is 15.2. The first-order chi connectivity index (χ1) is 9.38. The molecule has 1 rings (SSSR count). The molecule has 1 unspecified atom stereocenters. The molecule has 1 aromatic rings. The zero-order valence-electron chi connectivity index (χ0n) is 13.8. The van der Waals surface area contributed by atoms with Crippen molar-refractivity contribution in [3.05, 3.63) is 18.0 Å². The second-order valence-corrected chi connectivity index (χ2v) is 5.84. The molecule has 0 aliphatic rings. The molecule has 0 spiro atoms. The lowest BCUT2D eigenvalue weighted by Gasteiger charge is -2.30. The molecule has 2 N–H and O–H groups in total. The third kappa shape index (κ3) is 6.64. The van der Waals surface area contributed by atoms with Crippen LogP contribution in [0.5, 0.6) is 0 Å². The molecule has 1 atom stereocenters. The molecule has 0 radical (unpaired) electrons. The van der Waals surface area contributed by atoms with Crippen LogP contribution in [0.25, 0.3) is 0 Å². The number of nitrogens with one attached hydrogen (secondary N) is 2. The summed E-state index contributed by atoms with van der Waals surface area (Å²) in [7, 11) is 5.43. The van der Waals surface area contributed by atoms with Crippen LogP contribution in [-0.2, 0) is 18.3 Å². The molecule has 1 aromatic heterocycles. The Morgan fingerprint density at radius 1 is 1.43 bits per heavy atom. The second kappa shape index (κ2) is 9.24. The molecule has 0 aromatic carbocycles. The van der Waals surface area contributed by atoms with Gasteiger partial charge in [-0.05, 0) is 11.5 Å². The first kappa shape index (κ1) is 20.2. The van der Waals surface area contributed by atoms with E-state index in [0.29, 0.717) is 13.1 Å². The average molecular weight is 409 g/mol. The lowest BCUT2D eigenvalue weighted by Crippen LogP contribution is -2.45. The van der Waals surface area contributed by atoms with Crippen LogP contribution in [-0.4, -0.2) is 42.5 Å². The summed E-state index contributed by atoms with van der Waals surface area (Å²) in [5, 5.41) is 10.7. The van der Waals surface area contributed by atoms with Crippen LogP contribution in [0.4, 0.5) is 0 Å². The summed E-state index contributed by atoms with van der Waals surface area (Å²) in [5.41, 5.74) is 1.19. The predicted octanol–water partition coefficient (Wildman–Crippen LogP) is 1.76. The highest BCUT2D eigenvalue weighted by molar-refractivity contribution is 14.0. The molecule has 0 bridgehead atoms. The van der Waals surface area contributed by atoms with Crippen LogP contribution in [0.15, 0.2) is 17.3 Å². The van der Waals surface area contributed by atoms with Gasteiger partial charge in [0.05, 0.1) is 18.3 Å². The van der Waals surface area contributed by atoms with Crippen LogP contribution >= 0.6 is 24.0 Å². The molecule has 7 heteroatoms. The number of halogens is 1. The Hall–Kier alpha value is -0.830. The summed E-state index contributed by atoms with van der Waals surface area (Å²) in [5.74, 6) is 0.762. The van der Waals surface area contributed by atoms with Crippen molar-refractivity contribution >= 4 is 29.9 Å². The Morgan fingerprint density at radius 2 is 2.10 bits per heavy atom. The van der Waals surface area contributed by atoms with Gasteiger partial charge < -0.3 is 15.4 Å². The minimum atomic E-state index is 0. The van der Waals surface area contributed by atoms with E-state index >= 15 is 0 Å². The molecule has 21 heavy (non-hydrogen) atoms. The summed E-state index contributed by atoms with van der Waals surface area (Å²) in [6.07, 6.45) is 1.91.